The molecule has 0 aliphatic heterocycles. The van der Waals surface area contributed by atoms with Crippen LogP contribution in [-0.2, 0) is 10.9 Å². The molecule has 0 saturated heterocycles. The maximum atomic E-state index is 6.45. The summed E-state index contributed by atoms with van der Waals surface area (Å²) in [6.07, 6.45) is 0. The fourth-order valence-corrected chi connectivity index (χ4v) is 7.31. The van der Waals surface area contributed by atoms with Crippen molar-refractivity contribution in [1.29, 1.82) is 0 Å². The van der Waals surface area contributed by atoms with Gasteiger partial charge in [-0.05, 0) is 65.8 Å². The summed E-state index contributed by atoms with van der Waals surface area (Å²) >= 11 is 0. The zero-order chi connectivity index (χ0) is 22.8. The van der Waals surface area contributed by atoms with E-state index in [4.69, 9.17) is 4.74 Å². The third kappa shape index (κ3) is 4.47. The fourth-order valence-electron chi connectivity index (χ4n) is 4.62. The molecule has 0 aliphatic carbocycles. The number of rotatable bonds is 5. The molecule has 32 heavy (non-hydrogen) atoms. The Morgan fingerprint density at radius 2 is 0.969 bits per heavy atom. The molecule has 0 aromatic heterocycles. The summed E-state index contributed by atoms with van der Waals surface area (Å²) in [7, 11) is -0.288. The van der Waals surface area contributed by atoms with Crippen LogP contribution in [0.1, 0.15) is 33.4 Å². The van der Waals surface area contributed by atoms with E-state index in [-0.39, 0.29) is 10.9 Å². The average Bonchev–Trinajstić information content (AvgIpc) is 2.72. The van der Waals surface area contributed by atoms with E-state index in [0.717, 1.165) is 11.5 Å². The Bertz CT molecular complexity index is 1150. The van der Waals surface area contributed by atoms with Gasteiger partial charge in [0.1, 0.15) is 16.6 Å². The Balaban J connectivity index is 1.99. The van der Waals surface area contributed by atoms with Crippen molar-refractivity contribution in [3.63, 3.8) is 0 Å². The second kappa shape index (κ2) is 9.26. The van der Waals surface area contributed by atoms with Crippen LogP contribution in [-0.4, -0.2) is 0 Å². The van der Waals surface area contributed by atoms with Crippen LogP contribution in [0.25, 0.3) is 0 Å². The van der Waals surface area contributed by atoms with Crippen LogP contribution in [0.5, 0.6) is 11.5 Å². The van der Waals surface area contributed by atoms with Crippen molar-refractivity contribution in [3.05, 3.63) is 112 Å². The lowest BCUT2D eigenvalue weighted by atomic mass is 10.1. The molecule has 2 heteroatoms. The van der Waals surface area contributed by atoms with Crippen LogP contribution in [0.2, 0.25) is 0 Å². The second-order valence-corrected chi connectivity index (χ2v) is 10.5. The third-order valence-electron chi connectivity index (χ3n) is 5.66. The summed E-state index contributed by atoms with van der Waals surface area (Å²) in [5.74, 6) is 1.78. The molecule has 0 N–H and O–H groups in total. The molecular formula is C30H31OS+. The quantitative estimate of drug-likeness (QED) is 0.284. The largest absolute Gasteiger partial charge is 0.452 e. The summed E-state index contributed by atoms with van der Waals surface area (Å²) in [5.41, 5.74) is 7.94. The molecule has 162 valence electrons. The van der Waals surface area contributed by atoms with Gasteiger partial charge in [-0.15, -0.1) is 0 Å². The molecule has 0 atom stereocenters. The Labute approximate surface area is 195 Å². The van der Waals surface area contributed by atoms with E-state index < -0.39 is 0 Å². The summed E-state index contributed by atoms with van der Waals surface area (Å²) < 4.78 is 6.45. The van der Waals surface area contributed by atoms with E-state index in [2.05, 4.69) is 90.1 Å². The fraction of sp³-hybridized carbons (Fsp3) is 0.200. The molecule has 4 aromatic rings. The molecule has 4 rings (SSSR count). The number of hydrogen-bond acceptors (Lipinski definition) is 1. The first-order valence-electron chi connectivity index (χ1n) is 11.1. The molecule has 0 fully saturated rings. The van der Waals surface area contributed by atoms with E-state index in [1.807, 2.05) is 30.3 Å². The average molecular weight is 440 g/mol. The van der Waals surface area contributed by atoms with Gasteiger partial charge in [0.05, 0.1) is 0 Å². The number of para-hydroxylation sites is 2. The highest BCUT2D eigenvalue weighted by Crippen LogP contribution is 2.43. The smallest absolute Gasteiger partial charge is 0.208 e. The first-order valence-corrected chi connectivity index (χ1v) is 12.3. The molecule has 1 nitrogen and oxygen atoms in total. The van der Waals surface area contributed by atoms with Gasteiger partial charge in [0.2, 0.25) is 4.90 Å². The topological polar surface area (TPSA) is 9.23 Å². The van der Waals surface area contributed by atoms with Gasteiger partial charge in [-0.25, -0.2) is 0 Å². The minimum atomic E-state index is -0.288. The van der Waals surface area contributed by atoms with Crippen LogP contribution >= 0.6 is 0 Å². The van der Waals surface area contributed by atoms with Crippen molar-refractivity contribution in [1.82, 2.24) is 0 Å². The minimum Gasteiger partial charge on any atom is -0.452 e. The van der Waals surface area contributed by atoms with E-state index in [1.54, 1.807) is 0 Å². The molecule has 0 aliphatic rings. The summed E-state index contributed by atoms with van der Waals surface area (Å²) in [5, 5.41) is 0. The number of benzene rings is 4. The van der Waals surface area contributed by atoms with Crippen LogP contribution in [0.15, 0.2) is 93.5 Å². The first-order chi connectivity index (χ1) is 15.3. The molecule has 0 spiro atoms. The highest BCUT2D eigenvalue weighted by molar-refractivity contribution is 7.97. The maximum absolute atomic E-state index is 6.45. The summed E-state index contributed by atoms with van der Waals surface area (Å²) in [6.45, 7) is 13.3. The molecule has 0 bridgehead atoms. The van der Waals surface area contributed by atoms with Crippen molar-refractivity contribution in [2.24, 2.45) is 0 Å². The third-order valence-corrected chi connectivity index (χ3v) is 8.54. The van der Waals surface area contributed by atoms with Crippen molar-refractivity contribution >= 4 is 10.9 Å². The predicted molar refractivity (Wildman–Crippen MR) is 136 cm³/mol. The minimum absolute atomic E-state index is 0.288. The number of aryl methyl sites for hydroxylation is 6. The molecule has 0 amide bonds. The molecule has 0 heterocycles. The highest BCUT2D eigenvalue weighted by Gasteiger charge is 2.37. The van der Waals surface area contributed by atoms with E-state index in [0.29, 0.717) is 0 Å². The van der Waals surface area contributed by atoms with Gasteiger partial charge in [-0.3, -0.25) is 0 Å². The number of hydrogen-bond donors (Lipinski definition) is 0. The molecular weight excluding hydrogens is 408 g/mol. The van der Waals surface area contributed by atoms with Crippen LogP contribution in [0, 0.1) is 41.5 Å². The zero-order valence-corrected chi connectivity index (χ0v) is 20.6. The van der Waals surface area contributed by atoms with Gasteiger partial charge >= 0.3 is 0 Å². The molecule has 0 saturated carbocycles. The monoisotopic (exact) mass is 439 g/mol. The lowest BCUT2D eigenvalue weighted by molar-refractivity contribution is 0.470. The standard InChI is InChI=1S/C30H31OS/c1-20-16-22(3)29(23(4)17-20)32(30-24(5)18-21(2)19-25(30)6)28-15-11-10-14-27(28)31-26-12-8-7-9-13-26/h7-19H,1-6H3/q+1. The van der Waals surface area contributed by atoms with Crippen molar-refractivity contribution in [2.75, 3.05) is 0 Å². The van der Waals surface area contributed by atoms with Crippen molar-refractivity contribution in [2.45, 2.75) is 56.2 Å². The van der Waals surface area contributed by atoms with E-state index in [9.17, 15) is 0 Å². The Morgan fingerprint density at radius 3 is 1.47 bits per heavy atom. The van der Waals surface area contributed by atoms with Gasteiger partial charge in [-0.1, -0.05) is 65.7 Å². The number of ether oxygens (including phenoxy) is 1. The molecule has 0 radical (unpaired) electrons. The van der Waals surface area contributed by atoms with Gasteiger partial charge in [0, 0.05) is 22.3 Å². The Morgan fingerprint density at radius 1 is 0.531 bits per heavy atom. The second-order valence-electron chi connectivity index (χ2n) is 8.62. The Kier molecular flexibility index (Phi) is 6.43. The van der Waals surface area contributed by atoms with Crippen LogP contribution in [0.3, 0.4) is 0 Å². The van der Waals surface area contributed by atoms with E-state index in [1.165, 1.54) is 48.1 Å². The SMILES string of the molecule is Cc1cc(C)c([S+](c2ccccc2Oc2ccccc2)c2c(C)cc(C)cc2C)c(C)c1. The van der Waals surface area contributed by atoms with Crippen LogP contribution in [0.4, 0.5) is 0 Å². The van der Waals surface area contributed by atoms with Gasteiger partial charge < -0.3 is 4.74 Å². The maximum Gasteiger partial charge on any atom is 0.208 e. The van der Waals surface area contributed by atoms with Gasteiger partial charge in [0.25, 0.3) is 0 Å². The van der Waals surface area contributed by atoms with Gasteiger partial charge in [0.15, 0.2) is 15.5 Å². The van der Waals surface area contributed by atoms with Gasteiger partial charge in [-0.2, -0.15) is 0 Å². The Hall–Kier alpha value is -2.97. The molecule has 4 aromatic carbocycles. The van der Waals surface area contributed by atoms with Crippen molar-refractivity contribution < 1.29 is 4.74 Å². The highest BCUT2D eigenvalue weighted by atomic mass is 32.2. The predicted octanol–water partition coefficient (Wildman–Crippen LogP) is 8.42. The van der Waals surface area contributed by atoms with E-state index >= 15 is 0 Å². The van der Waals surface area contributed by atoms with Crippen LogP contribution < -0.4 is 4.74 Å². The van der Waals surface area contributed by atoms with Crippen molar-refractivity contribution in [3.8, 4) is 11.5 Å². The lowest BCUT2D eigenvalue weighted by Crippen LogP contribution is -2.13. The normalized spacial score (nSPS) is 11.1. The molecule has 0 unspecified atom stereocenters. The lowest BCUT2D eigenvalue weighted by Gasteiger charge is -2.19. The summed E-state index contributed by atoms with van der Waals surface area (Å²) in [4.78, 5) is 4.02. The summed E-state index contributed by atoms with van der Waals surface area (Å²) in [6, 6.07) is 27.8. The zero-order valence-electron chi connectivity index (χ0n) is 19.8. The first kappa shape index (κ1) is 22.2.